The summed E-state index contributed by atoms with van der Waals surface area (Å²) in [6.45, 7) is 2.38. The van der Waals surface area contributed by atoms with Crippen molar-refractivity contribution in [3.8, 4) is 11.5 Å². The Morgan fingerprint density at radius 2 is 1.96 bits per heavy atom. The topological polar surface area (TPSA) is 98.9 Å². The number of ether oxygens (including phenoxy) is 2. The third-order valence-corrected chi connectivity index (χ3v) is 5.20. The number of hydrogen-bond donors (Lipinski definition) is 1. The van der Waals surface area contributed by atoms with E-state index in [1.165, 1.54) is 0 Å². The molecule has 0 radical (unpaired) electrons. The van der Waals surface area contributed by atoms with E-state index in [9.17, 15) is 13.2 Å². The number of sulfonamides is 1. The van der Waals surface area contributed by atoms with Crippen molar-refractivity contribution in [3.05, 3.63) is 23.8 Å². The van der Waals surface area contributed by atoms with Crippen molar-refractivity contribution in [2.24, 2.45) is 11.1 Å². The second-order valence-corrected chi connectivity index (χ2v) is 7.64. The number of rotatable bonds is 7. The zero-order valence-electron chi connectivity index (χ0n) is 14.2. The summed E-state index contributed by atoms with van der Waals surface area (Å²) >= 11 is 0. The summed E-state index contributed by atoms with van der Waals surface area (Å²) in [4.78, 5) is 14.1. The monoisotopic (exact) mass is 356 g/mol. The molecule has 1 aromatic rings. The van der Waals surface area contributed by atoms with Crippen LogP contribution in [0.1, 0.15) is 31.4 Å². The van der Waals surface area contributed by atoms with Crippen LogP contribution < -0.4 is 14.6 Å². The van der Waals surface area contributed by atoms with Gasteiger partial charge in [0.1, 0.15) is 0 Å². The number of carbonyl (C=O) groups is 1. The van der Waals surface area contributed by atoms with Crippen molar-refractivity contribution >= 4 is 15.9 Å². The molecule has 1 saturated heterocycles. The van der Waals surface area contributed by atoms with Crippen molar-refractivity contribution in [2.75, 3.05) is 26.5 Å². The highest BCUT2D eigenvalue weighted by atomic mass is 32.2. The molecule has 2 atom stereocenters. The first kappa shape index (κ1) is 18.5. The Bertz CT molecular complexity index is 704. The average molecular weight is 356 g/mol. The number of hydrogen-bond acceptors (Lipinski definition) is 5. The lowest BCUT2D eigenvalue weighted by molar-refractivity contribution is -0.129. The maximum absolute atomic E-state index is 12.4. The van der Waals surface area contributed by atoms with Crippen LogP contribution in [0.4, 0.5) is 0 Å². The van der Waals surface area contributed by atoms with Gasteiger partial charge in [0.15, 0.2) is 11.5 Å². The Balaban J connectivity index is 2.24. The average Bonchev–Trinajstić information content (AvgIpc) is 2.86. The van der Waals surface area contributed by atoms with Gasteiger partial charge in [-0.2, -0.15) is 0 Å². The molecular weight excluding hydrogens is 332 g/mol. The van der Waals surface area contributed by atoms with E-state index in [0.717, 1.165) is 5.56 Å². The van der Waals surface area contributed by atoms with Crippen LogP contribution in [0.15, 0.2) is 18.2 Å². The van der Waals surface area contributed by atoms with Gasteiger partial charge < -0.3 is 14.4 Å². The highest BCUT2D eigenvalue weighted by Crippen LogP contribution is 2.36. The molecule has 0 spiro atoms. The summed E-state index contributed by atoms with van der Waals surface area (Å²) in [5.74, 6) is 0.738. The molecule has 0 aliphatic carbocycles. The van der Waals surface area contributed by atoms with E-state index in [-0.39, 0.29) is 30.0 Å². The van der Waals surface area contributed by atoms with Crippen LogP contribution in [-0.4, -0.2) is 45.7 Å². The van der Waals surface area contributed by atoms with Gasteiger partial charge >= 0.3 is 0 Å². The molecule has 1 aromatic carbocycles. The molecule has 0 saturated carbocycles. The molecule has 0 aromatic heterocycles. The molecule has 2 N–H and O–H groups in total. The molecule has 1 aliphatic rings. The molecule has 7 nitrogen and oxygen atoms in total. The minimum absolute atomic E-state index is 0.0507. The fourth-order valence-corrected chi connectivity index (χ4v) is 4.13. The van der Waals surface area contributed by atoms with Crippen molar-refractivity contribution in [1.29, 1.82) is 0 Å². The normalized spacial score (nSPS) is 19.4. The van der Waals surface area contributed by atoms with Gasteiger partial charge in [-0.05, 0) is 24.1 Å². The number of nitrogens with zero attached hydrogens (tertiary/aromatic N) is 1. The summed E-state index contributed by atoms with van der Waals surface area (Å²) in [7, 11) is -0.459. The lowest BCUT2D eigenvalue weighted by Crippen LogP contribution is -2.31. The van der Waals surface area contributed by atoms with E-state index in [4.69, 9.17) is 14.6 Å². The van der Waals surface area contributed by atoms with E-state index in [1.54, 1.807) is 25.2 Å². The van der Waals surface area contributed by atoms with Crippen LogP contribution in [-0.2, 0) is 14.8 Å². The van der Waals surface area contributed by atoms with Gasteiger partial charge in [-0.1, -0.05) is 13.0 Å². The van der Waals surface area contributed by atoms with Gasteiger partial charge in [0.2, 0.25) is 15.9 Å². The van der Waals surface area contributed by atoms with Crippen LogP contribution in [0.3, 0.4) is 0 Å². The van der Waals surface area contributed by atoms with Crippen molar-refractivity contribution in [2.45, 2.75) is 25.8 Å². The maximum atomic E-state index is 12.4. The second kappa shape index (κ2) is 7.40. The predicted molar refractivity (Wildman–Crippen MR) is 90.4 cm³/mol. The van der Waals surface area contributed by atoms with Gasteiger partial charge in [-0.3, -0.25) is 4.79 Å². The molecule has 1 amide bonds. The number of amides is 1. The van der Waals surface area contributed by atoms with Gasteiger partial charge in [0.05, 0.1) is 26.0 Å². The van der Waals surface area contributed by atoms with Gasteiger partial charge in [-0.25, -0.2) is 13.6 Å². The fourth-order valence-electron chi connectivity index (χ4n) is 3.25. The Morgan fingerprint density at radius 3 is 2.50 bits per heavy atom. The summed E-state index contributed by atoms with van der Waals surface area (Å²) < 4.78 is 33.1. The van der Waals surface area contributed by atoms with Crippen LogP contribution in [0.5, 0.6) is 11.5 Å². The first-order valence-electron chi connectivity index (χ1n) is 7.80. The maximum Gasteiger partial charge on any atom is 0.223 e. The van der Waals surface area contributed by atoms with Crippen LogP contribution in [0.2, 0.25) is 0 Å². The van der Waals surface area contributed by atoms with Gasteiger partial charge in [-0.15, -0.1) is 0 Å². The lowest BCUT2D eigenvalue weighted by atomic mass is 10.0. The van der Waals surface area contributed by atoms with E-state index in [1.807, 2.05) is 19.1 Å². The Morgan fingerprint density at radius 1 is 1.29 bits per heavy atom. The zero-order valence-corrected chi connectivity index (χ0v) is 15.0. The number of methoxy groups -OCH3 is 2. The molecule has 2 rings (SSSR count). The van der Waals surface area contributed by atoms with E-state index in [0.29, 0.717) is 24.5 Å². The molecule has 1 fully saturated rings. The Hall–Kier alpha value is -1.80. The van der Waals surface area contributed by atoms with Crippen molar-refractivity contribution < 1.29 is 22.7 Å². The largest absolute Gasteiger partial charge is 0.493 e. The number of carbonyl (C=O) groups excluding carboxylic acids is 1. The van der Waals surface area contributed by atoms with E-state index < -0.39 is 10.0 Å². The first-order valence-corrected chi connectivity index (χ1v) is 9.52. The molecule has 2 unspecified atom stereocenters. The van der Waals surface area contributed by atoms with Crippen molar-refractivity contribution in [1.82, 2.24) is 4.90 Å². The third-order valence-electron chi connectivity index (χ3n) is 4.26. The van der Waals surface area contributed by atoms with Gasteiger partial charge in [0.25, 0.3) is 0 Å². The SMILES string of the molecule is CCC(c1ccc(OC)c(OC)c1)N1CC(CS(N)(=O)=O)CC1=O. The fraction of sp³-hybridized carbons (Fsp3) is 0.562. The number of primary sulfonamides is 1. The van der Waals surface area contributed by atoms with Crippen LogP contribution in [0.25, 0.3) is 0 Å². The number of likely N-dealkylation sites (tertiary alicyclic amines) is 1. The number of benzene rings is 1. The molecule has 24 heavy (non-hydrogen) atoms. The molecule has 0 bridgehead atoms. The first-order chi connectivity index (χ1) is 11.3. The molecular formula is C16H24N2O5S. The molecule has 1 aliphatic heterocycles. The predicted octanol–water partition coefficient (Wildman–Crippen LogP) is 1.29. The summed E-state index contributed by atoms with van der Waals surface area (Å²) in [5.41, 5.74) is 0.930. The van der Waals surface area contributed by atoms with E-state index in [2.05, 4.69) is 0 Å². The highest BCUT2D eigenvalue weighted by molar-refractivity contribution is 7.89. The Kier molecular flexibility index (Phi) is 5.71. The summed E-state index contributed by atoms with van der Waals surface area (Å²) in [6.07, 6.45) is 0.920. The third kappa shape index (κ3) is 4.18. The standard InChI is InChI=1S/C16H24N2O5S/c1-4-13(12-5-6-14(22-2)15(8-12)23-3)18-9-11(7-16(18)19)10-24(17,20)21/h5-6,8,11,13H,4,7,9-10H2,1-3H3,(H2,17,20,21). The van der Waals surface area contributed by atoms with Gasteiger partial charge in [0, 0.05) is 18.9 Å². The Labute approximate surface area is 142 Å². The lowest BCUT2D eigenvalue weighted by Gasteiger charge is -2.28. The minimum atomic E-state index is -3.59. The van der Waals surface area contributed by atoms with Crippen LogP contribution in [0, 0.1) is 5.92 Å². The van der Waals surface area contributed by atoms with E-state index >= 15 is 0 Å². The zero-order chi connectivity index (χ0) is 17.9. The second-order valence-electron chi connectivity index (χ2n) is 5.98. The molecule has 8 heteroatoms. The molecule has 134 valence electrons. The van der Waals surface area contributed by atoms with Crippen LogP contribution >= 0.6 is 0 Å². The summed E-state index contributed by atoms with van der Waals surface area (Å²) in [6, 6.07) is 5.42. The highest BCUT2D eigenvalue weighted by Gasteiger charge is 2.36. The minimum Gasteiger partial charge on any atom is -0.493 e. The number of nitrogens with two attached hydrogens (primary N) is 1. The smallest absolute Gasteiger partial charge is 0.223 e. The van der Waals surface area contributed by atoms with Crippen molar-refractivity contribution in [3.63, 3.8) is 0 Å². The quantitative estimate of drug-likeness (QED) is 0.794. The molecule has 1 heterocycles. The summed E-state index contributed by atoms with van der Waals surface area (Å²) in [5, 5.41) is 5.11.